The lowest BCUT2D eigenvalue weighted by Gasteiger charge is -2.37. The summed E-state index contributed by atoms with van der Waals surface area (Å²) in [6, 6.07) is 60.8. The monoisotopic (exact) mass is 748 g/mol. The maximum atomic E-state index is 3.00. The van der Waals surface area contributed by atoms with Gasteiger partial charge in [-0.15, -0.1) is 13.2 Å². The Bertz CT molecular complexity index is 2630. The van der Waals surface area contributed by atoms with Crippen molar-refractivity contribution in [1.29, 1.82) is 0 Å². The van der Waals surface area contributed by atoms with Crippen LogP contribution in [0.25, 0.3) is 28.3 Å². The number of nitrogens with zero attached hydrogens (tertiary/aromatic N) is 2. The summed E-state index contributed by atoms with van der Waals surface area (Å²) in [5, 5.41) is 0. The van der Waals surface area contributed by atoms with Gasteiger partial charge in [0, 0.05) is 34.9 Å². The summed E-state index contributed by atoms with van der Waals surface area (Å²) in [4.78, 5) is 4.96. The van der Waals surface area contributed by atoms with Crippen molar-refractivity contribution in [3.63, 3.8) is 0 Å². The second-order valence-electron chi connectivity index (χ2n) is 15.2. The molecule has 0 saturated carbocycles. The third-order valence-corrected chi connectivity index (χ3v) is 12.1. The summed E-state index contributed by atoms with van der Waals surface area (Å²) in [5.74, 6) is 0. The fraction of sp³-hybridized carbons (Fsp3) is 0.107. The highest BCUT2D eigenvalue weighted by molar-refractivity contribution is 5.88. The number of rotatable bonds is 5. The zero-order chi connectivity index (χ0) is 39.5. The first-order valence-corrected chi connectivity index (χ1v) is 20.4. The third kappa shape index (κ3) is 6.32. The largest absolute Gasteiger partial charge is 0.337 e. The second kappa shape index (κ2) is 15.9. The second-order valence-corrected chi connectivity index (χ2v) is 15.2. The van der Waals surface area contributed by atoms with E-state index in [0.717, 1.165) is 37.2 Å². The molecular formula is C56H48N2. The molecule has 10 rings (SSSR count). The smallest absolute Gasteiger partial charge is 0.0536 e. The fourth-order valence-electron chi connectivity index (χ4n) is 9.48. The molecule has 58 heavy (non-hydrogen) atoms. The Kier molecular flexibility index (Phi) is 10.1. The average molecular weight is 749 g/mol. The van der Waals surface area contributed by atoms with E-state index in [1.54, 1.807) is 0 Å². The highest BCUT2D eigenvalue weighted by Crippen LogP contribution is 2.57. The number of fused-ring (bicyclic) bond motifs is 8. The van der Waals surface area contributed by atoms with E-state index in [9.17, 15) is 0 Å². The molecule has 3 aliphatic rings. The molecule has 0 radical (unpaired) electrons. The summed E-state index contributed by atoms with van der Waals surface area (Å²) >= 11 is 0. The topological polar surface area (TPSA) is 6.48 Å². The number of hydrogen-bond donors (Lipinski definition) is 0. The van der Waals surface area contributed by atoms with Gasteiger partial charge in [-0.2, -0.15) is 0 Å². The molecular weight excluding hydrogens is 701 g/mol. The number of allylic oxidation sites excluding steroid dienone is 4. The number of anilines is 5. The van der Waals surface area contributed by atoms with E-state index in [1.807, 2.05) is 0 Å². The van der Waals surface area contributed by atoms with E-state index < -0.39 is 0 Å². The maximum absolute atomic E-state index is 3.00. The summed E-state index contributed by atoms with van der Waals surface area (Å²) in [6.45, 7) is 8.99. The minimum atomic E-state index is -0.316. The van der Waals surface area contributed by atoms with E-state index in [4.69, 9.17) is 0 Å². The van der Waals surface area contributed by atoms with Crippen molar-refractivity contribution in [2.24, 2.45) is 0 Å². The van der Waals surface area contributed by atoms with Crippen LogP contribution in [0.2, 0.25) is 0 Å². The van der Waals surface area contributed by atoms with E-state index in [2.05, 4.69) is 230 Å². The van der Waals surface area contributed by atoms with Crippen molar-refractivity contribution in [2.45, 2.75) is 31.6 Å². The lowest BCUT2D eigenvalue weighted by Crippen LogP contribution is -2.30. The summed E-state index contributed by atoms with van der Waals surface area (Å²) in [6.07, 6.45) is 16.7. The van der Waals surface area contributed by atoms with Gasteiger partial charge < -0.3 is 9.80 Å². The first kappa shape index (κ1) is 36.7. The minimum absolute atomic E-state index is 0.316. The quantitative estimate of drug-likeness (QED) is 0.162. The molecule has 2 heteroatoms. The van der Waals surface area contributed by atoms with Crippen molar-refractivity contribution in [1.82, 2.24) is 0 Å². The van der Waals surface area contributed by atoms with E-state index >= 15 is 0 Å². The normalized spacial score (nSPS) is 15.5. The molecule has 2 aliphatic carbocycles. The van der Waals surface area contributed by atoms with E-state index in [1.165, 1.54) is 72.7 Å². The van der Waals surface area contributed by atoms with Gasteiger partial charge in [-0.1, -0.05) is 152 Å². The minimum Gasteiger partial charge on any atom is -0.337 e. The highest BCUT2D eigenvalue weighted by atomic mass is 15.2. The molecule has 0 amide bonds. The van der Waals surface area contributed by atoms with Crippen LogP contribution in [-0.2, 0) is 11.8 Å². The van der Waals surface area contributed by atoms with Crippen molar-refractivity contribution in [2.75, 3.05) is 16.3 Å². The zero-order valence-electron chi connectivity index (χ0n) is 33.2. The Morgan fingerprint density at radius 2 is 1.24 bits per heavy atom. The Morgan fingerprint density at radius 1 is 0.569 bits per heavy atom. The Balaban J connectivity index is 0.00000215. The first-order chi connectivity index (χ1) is 28.7. The summed E-state index contributed by atoms with van der Waals surface area (Å²) < 4.78 is 0. The predicted octanol–water partition coefficient (Wildman–Crippen LogP) is 14.9. The van der Waals surface area contributed by atoms with E-state index in [0.29, 0.717) is 0 Å². The Morgan fingerprint density at radius 3 is 1.98 bits per heavy atom. The molecule has 0 saturated heterocycles. The Labute approximate surface area is 344 Å². The van der Waals surface area contributed by atoms with Crippen LogP contribution in [0.1, 0.15) is 46.2 Å². The lowest BCUT2D eigenvalue weighted by molar-refractivity contribution is 0.644. The molecule has 282 valence electrons. The van der Waals surface area contributed by atoms with Crippen LogP contribution in [0.15, 0.2) is 207 Å². The molecule has 7 aromatic carbocycles. The molecule has 7 aromatic rings. The average Bonchev–Trinajstić information content (AvgIpc) is 3.58. The summed E-state index contributed by atoms with van der Waals surface area (Å²) in [5.41, 5.74) is 18.8. The maximum Gasteiger partial charge on any atom is 0.0536 e. The molecule has 1 heterocycles. The number of hydrogen-bond acceptors (Lipinski definition) is 2. The van der Waals surface area contributed by atoms with Crippen LogP contribution in [0.3, 0.4) is 0 Å². The lowest BCUT2D eigenvalue weighted by atomic mass is 9.69. The standard InChI is InChI=1S/C54H44N2.C2H4/c1-39-38-42(40-18-5-4-6-19-40)30-35-51(39)56(52-29-17-21-41-20-7-8-22-45(41)52)44-33-31-43(32-34-44)55-37-16-3-2-15-36-54(50-27-13-14-28-53(50)55)48-25-11-9-23-46(48)47-24-10-12-26-49(47)54;1-2/h2-6,8-19,21-35,38H,7,20,36-37H2,1H3;1-2H2/b15-2-,16-3-;. The van der Waals surface area contributed by atoms with E-state index in [-0.39, 0.29) is 5.41 Å². The van der Waals surface area contributed by atoms with Gasteiger partial charge in [0.1, 0.15) is 0 Å². The molecule has 0 unspecified atom stereocenters. The van der Waals surface area contributed by atoms with Gasteiger partial charge in [-0.05, 0) is 125 Å². The van der Waals surface area contributed by atoms with Crippen LogP contribution in [-0.4, -0.2) is 6.54 Å². The van der Waals surface area contributed by atoms with Gasteiger partial charge in [-0.25, -0.2) is 0 Å². The number of aryl methyl sites for hydroxylation is 2. The Hall–Kier alpha value is -6.90. The molecule has 0 atom stereocenters. The van der Waals surface area contributed by atoms with Crippen LogP contribution in [0.5, 0.6) is 0 Å². The molecule has 0 aromatic heterocycles. The molecule has 0 bridgehead atoms. The van der Waals surface area contributed by atoms with Crippen molar-refractivity contribution < 1.29 is 0 Å². The number of benzene rings is 7. The van der Waals surface area contributed by atoms with Gasteiger partial charge in [-0.3, -0.25) is 0 Å². The van der Waals surface area contributed by atoms with Gasteiger partial charge >= 0.3 is 0 Å². The number of para-hydroxylation sites is 1. The molecule has 1 aliphatic heterocycles. The zero-order valence-corrected chi connectivity index (χ0v) is 33.2. The van der Waals surface area contributed by atoms with Crippen LogP contribution >= 0.6 is 0 Å². The highest BCUT2D eigenvalue weighted by Gasteiger charge is 2.45. The van der Waals surface area contributed by atoms with Crippen LogP contribution < -0.4 is 9.80 Å². The molecule has 1 spiro atoms. The van der Waals surface area contributed by atoms with Crippen LogP contribution in [0.4, 0.5) is 28.4 Å². The van der Waals surface area contributed by atoms with Crippen molar-refractivity contribution >= 4 is 34.5 Å². The summed E-state index contributed by atoms with van der Waals surface area (Å²) in [7, 11) is 0. The first-order valence-electron chi connectivity index (χ1n) is 20.4. The SMILES string of the molecule is C=C.Cc1cc(-c2ccccc2)ccc1N(c1ccc(N2C/C=C\C=C/CC3(c4ccccc4-c4ccccc43)c3ccccc32)cc1)c1cccc2c1C=CCC2. The molecule has 0 fully saturated rings. The molecule has 2 nitrogen and oxygen atoms in total. The van der Waals surface area contributed by atoms with Crippen molar-refractivity contribution in [3.8, 4) is 22.3 Å². The van der Waals surface area contributed by atoms with Gasteiger partial charge in [0.2, 0.25) is 0 Å². The van der Waals surface area contributed by atoms with Crippen LogP contribution in [0, 0.1) is 6.92 Å². The van der Waals surface area contributed by atoms with Gasteiger partial charge in [0.05, 0.1) is 11.1 Å². The van der Waals surface area contributed by atoms with Gasteiger partial charge in [0.15, 0.2) is 0 Å². The van der Waals surface area contributed by atoms with Gasteiger partial charge in [0.25, 0.3) is 0 Å². The molecule has 0 N–H and O–H groups in total. The predicted molar refractivity (Wildman–Crippen MR) is 248 cm³/mol. The fourth-order valence-corrected chi connectivity index (χ4v) is 9.48. The van der Waals surface area contributed by atoms with Crippen molar-refractivity contribution in [3.05, 3.63) is 241 Å². The third-order valence-electron chi connectivity index (χ3n) is 12.1.